The van der Waals surface area contributed by atoms with Crippen LogP contribution >= 0.6 is 0 Å². The minimum Gasteiger partial charge on any atom is -0.309 e. The average molecular weight is 685 g/mol. The molecule has 256 valence electrons. The molecule has 0 radical (unpaired) electrons. The summed E-state index contributed by atoms with van der Waals surface area (Å²) in [7, 11) is 0. The molecule has 0 amide bonds. The summed E-state index contributed by atoms with van der Waals surface area (Å²) in [6.45, 7) is 9.68. The summed E-state index contributed by atoms with van der Waals surface area (Å²) in [6, 6.07) is 52.1. The summed E-state index contributed by atoms with van der Waals surface area (Å²) < 4.78 is 2.52. The second-order valence-corrected chi connectivity index (χ2v) is 16.0. The Kier molecular flexibility index (Phi) is 6.97. The van der Waals surface area contributed by atoms with E-state index in [4.69, 9.17) is 15.0 Å². The Labute approximate surface area is 309 Å². The van der Waals surface area contributed by atoms with Gasteiger partial charge in [0.05, 0.1) is 11.0 Å². The van der Waals surface area contributed by atoms with Gasteiger partial charge < -0.3 is 4.57 Å². The van der Waals surface area contributed by atoms with Crippen LogP contribution in [0.25, 0.3) is 83.2 Å². The first-order valence-corrected chi connectivity index (χ1v) is 18.7. The smallest absolute Gasteiger partial charge is 0.164 e. The van der Waals surface area contributed by atoms with E-state index in [1.165, 1.54) is 44.7 Å². The van der Waals surface area contributed by atoms with Crippen molar-refractivity contribution in [3.8, 4) is 39.9 Å². The number of nitrogens with zero attached hydrogens (tertiary/aromatic N) is 4. The Morgan fingerprint density at radius 1 is 0.472 bits per heavy atom. The molecule has 0 spiro atoms. The zero-order chi connectivity index (χ0) is 35.9. The zero-order valence-electron chi connectivity index (χ0n) is 30.6. The average Bonchev–Trinajstić information content (AvgIpc) is 3.53. The fourth-order valence-electron chi connectivity index (χ4n) is 8.74. The zero-order valence-corrected chi connectivity index (χ0v) is 30.6. The van der Waals surface area contributed by atoms with E-state index in [-0.39, 0.29) is 10.8 Å². The highest BCUT2D eigenvalue weighted by Crippen LogP contribution is 2.50. The van der Waals surface area contributed by atoms with Crippen LogP contribution in [0.5, 0.6) is 0 Å². The normalized spacial score (nSPS) is 14.9. The Balaban J connectivity index is 1.28. The first kappa shape index (κ1) is 31.6. The first-order valence-electron chi connectivity index (χ1n) is 18.7. The van der Waals surface area contributed by atoms with Crippen LogP contribution in [0.2, 0.25) is 0 Å². The summed E-state index contributed by atoms with van der Waals surface area (Å²) >= 11 is 0. The fraction of sp³-hybridized carbons (Fsp3) is 0.163. The molecule has 0 N–H and O–H groups in total. The van der Waals surface area contributed by atoms with Crippen molar-refractivity contribution in [2.75, 3.05) is 0 Å². The van der Waals surface area contributed by atoms with Gasteiger partial charge in [-0.1, -0.05) is 149 Å². The molecule has 2 heterocycles. The number of aromatic nitrogens is 4. The largest absolute Gasteiger partial charge is 0.309 e. The monoisotopic (exact) mass is 684 g/mol. The maximum Gasteiger partial charge on any atom is 0.164 e. The van der Waals surface area contributed by atoms with Gasteiger partial charge >= 0.3 is 0 Å². The summed E-state index contributed by atoms with van der Waals surface area (Å²) in [5.41, 5.74) is 9.53. The molecule has 0 bridgehead atoms. The molecular formula is C49H40N4. The molecule has 10 rings (SSSR count). The highest BCUT2D eigenvalue weighted by molar-refractivity contribution is 6.11. The van der Waals surface area contributed by atoms with Crippen molar-refractivity contribution in [1.82, 2.24) is 19.5 Å². The van der Waals surface area contributed by atoms with E-state index in [1.54, 1.807) is 0 Å². The maximum absolute atomic E-state index is 5.28. The molecule has 4 heteroatoms. The highest BCUT2D eigenvalue weighted by atomic mass is 15.0. The van der Waals surface area contributed by atoms with Gasteiger partial charge in [0.1, 0.15) is 0 Å². The van der Waals surface area contributed by atoms with Crippen molar-refractivity contribution in [3.05, 3.63) is 157 Å². The number of para-hydroxylation sites is 1. The molecule has 0 saturated heterocycles. The molecule has 0 fully saturated rings. The van der Waals surface area contributed by atoms with Crippen LogP contribution in [0.1, 0.15) is 51.7 Å². The number of fused-ring (bicyclic) bond motifs is 7. The lowest BCUT2D eigenvalue weighted by Gasteiger charge is -2.42. The van der Waals surface area contributed by atoms with Crippen molar-refractivity contribution in [2.24, 2.45) is 0 Å². The van der Waals surface area contributed by atoms with Crippen molar-refractivity contribution in [1.29, 1.82) is 0 Å². The van der Waals surface area contributed by atoms with Gasteiger partial charge in [-0.25, -0.2) is 15.0 Å². The van der Waals surface area contributed by atoms with Gasteiger partial charge in [0.15, 0.2) is 17.5 Å². The Bertz CT molecular complexity index is 2900. The summed E-state index contributed by atoms with van der Waals surface area (Å²) in [5.74, 6) is 1.97. The van der Waals surface area contributed by atoms with Gasteiger partial charge in [-0.15, -0.1) is 0 Å². The van der Waals surface area contributed by atoms with Gasteiger partial charge in [-0.3, -0.25) is 0 Å². The van der Waals surface area contributed by atoms with Crippen LogP contribution in [-0.4, -0.2) is 19.5 Å². The molecule has 0 atom stereocenters. The Morgan fingerprint density at radius 3 is 1.92 bits per heavy atom. The van der Waals surface area contributed by atoms with Crippen LogP contribution in [0, 0.1) is 0 Å². The minimum absolute atomic E-state index is 0.0176. The summed E-state index contributed by atoms with van der Waals surface area (Å²) in [5, 5.41) is 7.16. The number of benzene rings is 7. The molecule has 7 aromatic carbocycles. The number of hydrogen-bond donors (Lipinski definition) is 0. The number of hydrogen-bond acceptors (Lipinski definition) is 3. The van der Waals surface area contributed by atoms with Crippen LogP contribution in [0.15, 0.2) is 146 Å². The molecule has 53 heavy (non-hydrogen) atoms. The molecule has 1 aliphatic carbocycles. The predicted octanol–water partition coefficient (Wildman–Crippen LogP) is 12.6. The van der Waals surface area contributed by atoms with Crippen LogP contribution in [-0.2, 0) is 10.8 Å². The van der Waals surface area contributed by atoms with Crippen molar-refractivity contribution >= 4 is 43.4 Å². The minimum atomic E-state index is 0.0176. The molecular weight excluding hydrogens is 645 g/mol. The molecule has 2 aromatic heterocycles. The van der Waals surface area contributed by atoms with E-state index in [2.05, 4.69) is 160 Å². The summed E-state index contributed by atoms with van der Waals surface area (Å²) in [6.07, 6.45) is 2.31. The van der Waals surface area contributed by atoms with E-state index in [0.717, 1.165) is 45.0 Å². The van der Waals surface area contributed by atoms with Crippen molar-refractivity contribution < 1.29 is 0 Å². The van der Waals surface area contributed by atoms with Crippen molar-refractivity contribution in [2.45, 2.75) is 51.4 Å². The van der Waals surface area contributed by atoms with E-state index < -0.39 is 0 Å². The lowest BCUT2D eigenvalue weighted by Crippen LogP contribution is -2.34. The van der Waals surface area contributed by atoms with E-state index >= 15 is 0 Å². The Morgan fingerprint density at radius 2 is 1.11 bits per heavy atom. The van der Waals surface area contributed by atoms with Crippen LogP contribution < -0.4 is 0 Å². The lowest BCUT2D eigenvalue weighted by atomic mass is 9.62. The summed E-state index contributed by atoms with van der Waals surface area (Å²) in [4.78, 5) is 15.6. The standard InChI is InChI=1S/C49H40N4/c1-48(2)26-27-49(3,4)43-41(48)25-24-39-38-20-12-13-21-42(38)53(44(39)43)36-29-34-18-10-11-19-37(34)40(30-36)47-51-45(32-15-6-5-7-16-32)50-46(52-47)35-23-22-31-14-8-9-17-33(31)28-35/h5-25,28-30H,26-27H2,1-4H3. The SMILES string of the molecule is CC1(C)CCC(C)(C)c2c1ccc1c3ccccc3n(-c3cc(-c4nc(-c5ccccc5)nc(-c5ccc6ccccc6c5)n4)c4ccccc4c3)c21. The van der Waals surface area contributed by atoms with Gasteiger partial charge in [0, 0.05) is 33.2 Å². The van der Waals surface area contributed by atoms with E-state index in [9.17, 15) is 0 Å². The van der Waals surface area contributed by atoms with Crippen molar-refractivity contribution in [3.63, 3.8) is 0 Å². The van der Waals surface area contributed by atoms with E-state index in [1.807, 2.05) is 18.2 Å². The predicted molar refractivity (Wildman–Crippen MR) is 221 cm³/mol. The van der Waals surface area contributed by atoms with E-state index in [0.29, 0.717) is 17.5 Å². The molecule has 9 aromatic rings. The third kappa shape index (κ3) is 5.08. The number of rotatable bonds is 4. The molecule has 0 aliphatic heterocycles. The molecule has 1 aliphatic rings. The third-order valence-corrected chi connectivity index (χ3v) is 11.6. The lowest BCUT2D eigenvalue weighted by molar-refractivity contribution is 0.334. The fourth-order valence-corrected chi connectivity index (χ4v) is 8.74. The van der Waals surface area contributed by atoms with Gasteiger partial charge in [0.25, 0.3) is 0 Å². The Hall–Kier alpha value is -6.13. The van der Waals surface area contributed by atoms with Crippen LogP contribution in [0.3, 0.4) is 0 Å². The molecule has 4 nitrogen and oxygen atoms in total. The topological polar surface area (TPSA) is 43.6 Å². The molecule has 0 unspecified atom stereocenters. The van der Waals surface area contributed by atoms with Gasteiger partial charge in [-0.2, -0.15) is 0 Å². The van der Waals surface area contributed by atoms with Crippen LogP contribution in [0.4, 0.5) is 0 Å². The quantitative estimate of drug-likeness (QED) is 0.185. The second kappa shape index (κ2) is 11.7. The van der Waals surface area contributed by atoms with Gasteiger partial charge in [0.2, 0.25) is 0 Å². The highest BCUT2D eigenvalue weighted by Gasteiger charge is 2.39. The maximum atomic E-state index is 5.28. The third-order valence-electron chi connectivity index (χ3n) is 11.6. The first-order chi connectivity index (χ1) is 25.7. The second-order valence-electron chi connectivity index (χ2n) is 16.0. The molecule has 0 saturated carbocycles. The van der Waals surface area contributed by atoms with Gasteiger partial charge in [-0.05, 0) is 80.6 Å².